The van der Waals surface area contributed by atoms with Gasteiger partial charge in [0, 0.05) is 0 Å². The normalized spacial score (nSPS) is 31.3. The molecule has 2 aromatic carbocycles. The van der Waals surface area contributed by atoms with Crippen molar-refractivity contribution in [3.05, 3.63) is 71.3 Å². The quantitative estimate of drug-likeness (QED) is 0.807. The molecule has 0 aromatic heterocycles. The third-order valence-corrected chi connectivity index (χ3v) is 5.37. The fourth-order valence-electron chi connectivity index (χ4n) is 4.18. The van der Waals surface area contributed by atoms with Crippen molar-refractivity contribution in [2.75, 3.05) is 0 Å². The zero-order valence-electron chi connectivity index (χ0n) is 12.3. The van der Waals surface area contributed by atoms with Gasteiger partial charge in [-0.05, 0) is 60.6 Å². The molecule has 2 aliphatic carbocycles. The third kappa shape index (κ3) is 2.20. The second-order valence-corrected chi connectivity index (χ2v) is 6.65. The maximum absolute atomic E-state index is 11.5. The van der Waals surface area contributed by atoms with Gasteiger partial charge in [0.25, 0.3) is 0 Å². The molecule has 0 heterocycles. The highest BCUT2D eigenvalue weighted by Crippen LogP contribution is 2.59. The van der Waals surface area contributed by atoms with Crippen molar-refractivity contribution in [3.8, 4) is 0 Å². The molecule has 1 heteroatoms. The van der Waals surface area contributed by atoms with Crippen molar-refractivity contribution < 1.29 is 5.11 Å². The Morgan fingerprint density at radius 2 is 1.67 bits per heavy atom. The molecule has 2 aliphatic rings. The lowest BCUT2D eigenvalue weighted by atomic mass is 9.82. The minimum absolute atomic E-state index is 0.388. The van der Waals surface area contributed by atoms with Gasteiger partial charge in [0.05, 0.1) is 5.60 Å². The summed E-state index contributed by atoms with van der Waals surface area (Å²) in [6.07, 6.45) is 5.47. The molecule has 0 amide bonds. The first-order valence-electron chi connectivity index (χ1n) is 8.15. The van der Waals surface area contributed by atoms with Crippen molar-refractivity contribution in [2.45, 2.75) is 43.6 Å². The van der Waals surface area contributed by atoms with Crippen LogP contribution in [0.2, 0.25) is 0 Å². The Hall–Kier alpha value is -1.60. The SMILES string of the molecule is OC1(C2CC2c2ccccc2)CCCCc2ccccc21. The van der Waals surface area contributed by atoms with Crippen molar-refractivity contribution >= 4 is 0 Å². The van der Waals surface area contributed by atoms with Crippen LogP contribution in [0, 0.1) is 5.92 Å². The van der Waals surface area contributed by atoms with E-state index in [0.717, 1.165) is 25.7 Å². The Labute approximate surface area is 126 Å². The van der Waals surface area contributed by atoms with E-state index in [1.165, 1.54) is 23.1 Å². The Kier molecular flexibility index (Phi) is 3.11. The molecule has 2 aromatic rings. The molecule has 1 fully saturated rings. The number of rotatable bonds is 2. The number of hydrogen-bond acceptors (Lipinski definition) is 1. The van der Waals surface area contributed by atoms with Crippen LogP contribution in [0.3, 0.4) is 0 Å². The molecule has 0 spiro atoms. The standard InChI is InChI=1S/C20H22O/c21-20(19-14-17(19)15-8-2-1-3-9-15)13-7-6-11-16-10-4-5-12-18(16)20/h1-5,8-10,12,17,19,21H,6-7,11,13-14H2. The predicted octanol–water partition coefficient (Wildman–Crippen LogP) is 4.40. The molecule has 3 unspecified atom stereocenters. The molecule has 0 bridgehead atoms. The van der Waals surface area contributed by atoms with E-state index in [0.29, 0.717) is 11.8 Å². The van der Waals surface area contributed by atoms with Gasteiger partial charge in [-0.1, -0.05) is 54.6 Å². The summed E-state index contributed by atoms with van der Waals surface area (Å²) in [7, 11) is 0. The Morgan fingerprint density at radius 3 is 2.52 bits per heavy atom. The zero-order chi connectivity index (χ0) is 14.3. The molecular formula is C20H22O. The maximum atomic E-state index is 11.5. The number of aryl methyl sites for hydroxylation is 1. The van der Waals surface area contributed by atoms with Crippen LogP contribution in [0.1, 0.15) is 48.3 Å². The predicted molar refractivity (Wildman–Crippen MR) is 85.2 cm³/mol. The van der Waals surface area contributed by atoms with Gasteiger partial charge in [-0.2, -0.15) is 0 Å². The fraction of sp³-hybridized carbons (Fsp3) is 0.400. The molecule has 3 atom stereocenters. The molecule has 0 aliphatic heterocycles. The molecule has 4 rings (SSSR count). The average Bonchev–Trinajstić information content (AvgIpc) is 3.34. The summed E-state index contributed by atoms with van der Waals surface area (Å²) < 4.78 is 0. The van der Waals surface area contributed by atoms with E-state index in [1.807, 2.05) is 0 Å². The summed E-state index contributed by atoms with van der Waals surface area (Å²) in [6.45, 7) is 0. The van der Waals surface area contributed by atoms with E-state index < -0.39 is 5.60 Å². The van der Waals surface area contributed by atoms with Crippen LogP contribution in [-0.4, -0.2) is 5.11 Å². The van der Waals surface area contributed by atoms with Gasteiger partial charge in [0.15, 0.2) is 0 Å². The monoisotopic (exact) mass is 278 g/mol. The summed E-state index contributed by atoms with van der Waals surface area (Å²) >= 11 is 0. The van der Waals surface area contributed by atoms with E-state index in [9.17, 15) is 5.11 Å². The number of hydrogen-bond donors (Lipinski definition) is 1. The summed E-state index contributed by atoms with van der Waals surface area (Å²) in [5.41, 5.74) is 3.33. The first-order chi connectivity index (χ1) is 10.3. The van der Waals surface area contributed by atoms with E-state index >= 15 is 0 Å². The molecule has 1 N–H and O–H groups in total. The molecular weight excluding hydrogens is 256 g/mol. The second kappa shape index (κ2) is 4.99. The third-order valence-electron chi connectivity index (χ3n) is 5.37. The second-order valence-electron chi connectivity index (χ2n) is 6.65. The zero-order valence-corrected chi connectivity index (χ0v) is 12.3. The van der Waals surface area contributed by atoms with E-state index in [1.54, 1.807) is 0 Å². The molecule has 21 heavy (non-hydrogen) atoms. The first kappa shape index (κ1) is 13.1. The molecule has 0 radical (unpaired) electrons. The van der Waals surface area contributed by atoms with Crippen molar-refractivity contribution in [2.24, 2.45) is 5.92 Å². The van der Waals surface area contributed by atoms with Crippen LogP contribution in [0.4, 0.5) is 0 Å². The van der Waals surface area contributed by atoms with Crippen LogP contribution in [0.25, 0.3) is 0 Å². The number of fused-ring (bicyclic) bond motifs is 1. The lowest BCUT2D eigenvalue weighted by Crippen LogP contribution is -2.29. The van der Waals surface area contributed by atoms with Gasteiger partial charge in [-0.3, -0.25) is 0 Å². The lowest BCUT2D eigenvalue weighted by Gasteiger charge is -2.30. The summed E-state index contributed by atoms with van der Waals surface area (Å²) in [5.74, 6) is 0.918. The summed E-state index contributed by atoms with van der Waals surface area (Å²) in [6, 6.07) is 19.2. The number of aliphatic hydroxyl groups is 1. The van der Waals surface area contributed by atoms with E-state index in [4.69, 9.17) is 0 Å². The highest BCUT2D eigenvalue weighted by Gasteiger charge is 2.53. The molecule has 108 valence electrons. The highest BCUT2D eigenvalue weighted by atomic mass is 16.3. The topological polar surface area (TPSA) is 20.2 Å². The average molecular weight is 278 g/mol. The van der Waals surface area contributed by atoms with Gasteiger partial charge in [0.2, 0.25) is 0 Å². The maximum Gasteiger partial charge on any atom is 0.0933 e. The minimum atomic E-state index is -0.617. The molecule has 0 saturated heterocycles. The van der Waals surface area contributed by atoms with Gasteiger partial charge in [0.1, 0.15) is 0 Å². The van der Waals surface area contributed by atoms with Crippen LogP contribution < -0.4 is 0 Å². The van der Waals surface area contributed by atoms with Crippen LogP contribution >= 0.6 is 0 Å². The lowest BCUT2D eigenvalue weighted by molar-refractivity contribution is 0.00167. The number of benzene rings is 2. The Bertz CT molecular complexity index is 633. The highest BCUT2D eigenvalue weighted by molar-refractivity contribution is 5.38. The fourth-order valence-corrected chi connectivity index (χ4v) is 4.18. The first-order valence-corrected chi connectivity index (χ1v) is 8.15. The Morgan fingerprint density at radius 1 is 0.905 bits per heavy atom. The van der Waals surface area contributed by atoms with Crippen LogP contribution in [0.15, 0.2) is 54.6 Å². The minimum Gasteiger partial charge on any atom is -0.385 e. The van der Waals surface area contributed by atoms with Gasteiger partial charge < -0.3 is 5.11 Å². The van der Waals surface area contributed by atoms with Crippen molar-refractivity contribution in [1.29, 1.82) is 0 Å². The van der Waals surface area contributed by atoms with Crippen LogP contribution in [0.5, 0.6) is 0 Å². The van der Waals surface area contributed by atoms with Gasteiger partial charge >= 0.3 is 0 Å². The summed E-state index contributed by atoms with van der Waals surface area (Å²) in [4.78, 5) is 0. The summed E-state index contributed by atoms with van der Waals surface area (Å²) in [5, 5.41) is 11.5. The Balaban J connectivity index is 1.69. The van der Waals surface area contributed by atoms with E-state index in [-0.39, 0.29) is 0 Å². The largest absolute Gasteiger partial charge is 0.385 e. The molecule has 1 nitrogen and oxygen atoms in total. The smallest absolute Gasteiger partial charge is 0.0933 e. The van der Waals surface area contributed by atoms with Crippen molar-refractivity contribution in [3.63, 3.8) is 0 Å². The molecule has 1 saturated carbocycles. The van der Waals surface area contributed by atoms with Crippen LogP contribution in [-0.2, 0) is 12.0 Å². The van der Waals surface area contributed by atoms with Gasteiger partial charge in [-0.15, -0.1) is 0 Å². The van der Waals surface area contributed by atoms with E-state index in [2.05, 4.69) is 54.6 Å². The van der Waals surface area contributed by atoms with Gasteiger partial charge in [-0.25, -0.2) is 0 Å². The van der Waals surface area contributed by atoms with Crippen molar-refractivity contribution in [1.82, 2.24) is 0 Å².